The quantitative estimate of drug-likeness (QED) is 0.707. The first-order valence-corrected chi connectivity index (χ1v) is 10.8. The molecule has 0 unspecified atom stereocenters. The van der Waals surface area contributed by atoms with Crippen LogP contribution in [0.3, 0.4) is 0 Å². The van der Waals surface area contributed by atoms with Crippen LogP contribution in [-0.2, 0) is 21.5 Å². The number of rotatable bonds is 4. The number of benzene rings is 1. The van der Waals surface area contributed by atoms with Gasteiger partial charge in [0.15, 0.2) is 0 Å². The number of aromatic nitrogens is 2. The summed E-state index contributed by atoms with van der Waals surface area (Å²) in [6, 6.07) is 7.17. The average Bonchev–Trinajstić information content (AvgIpc) is 3.26. The highest BCUT2D eigenvalue weighted by Gasteiger charge is 2.34. The second kappa shape index (κ2) is 7.61. The molecule has 10 heteroatoms. The summed E-state index contributed by atoms with van der Waals surface area (Å²) in [6.07, 6.45) is 3.01. The largest absolute Gasteiger partial charge is 0.338 e. The van der Waals surface area contributed by atoms with Crippen LogP contribution in [0.2, 0.25) is 0 Å². The van der Waals surface area contributed by atoms with Gasteiger partial charge in [-0.05, 0) is 25.0 Å². The van der Waals surface area contributed by atoms with E-state index in [-0.39, 0.29) is 31.1 Å². The van der Waals surface area contributed by atoms with E-state index in [4.69, 9.17) is 0 Å². The van der Waals surface area contributed by atoms with Crippen molar-refractivity contribution >= 4 is 27.1 Å². The van der Waals surface area contributed by atoms with Crippen LogP contribution in [0.15, 0.2) is 35.3 Å². The molecule has 0 spiro atoms. The first kappa shape index (κ1) is 19.0. The lowest BCUT2D eigenvalue weighted by atomic mass is 10.3. The first-order valence-electron chi connectivity index (χ1n) is 9.44. The molecule has 0 saturated carbocycles. The smallest absolute Gasteiger partial charge is 0.282 e. The van der Waals surface area contributed by atoms with Gasteiger partial charge in [-0.3, -0.25) is 14.2 Å². The zero-order chi connectivity index (χ0) is 19.7. The van der Waals surface area contributed by atoms with E-state index < -0.39 is 10.2 Å². The van der Waals surface area contributed by atoms with Crippen LogP contribution in [-0.4, -0.2) is 76.7 Å². The molecule has 1 aromatic heterocycles. The van der Waals surface area contributed by atoms with Gasteiger partial charge in [0, 0.05) is 39.3 Å². The summed E-state index contributed by atoms with van der Waals surface area (Å²) in [6.45, 7) is 2.25. The maximum atomic E-state index is 12.7. The molecule has 1 aromatic carbocycles. The van der Waals surface area contributed by atoms with Crippen molar-refractivity contribution in [2.75, 3.05) is 39.3 Å². The van der Waals surface area contributed by atoms with Crippen molar-refractivity contribution in [1.29, 1.82) is 0 Å². The first-order chi connectivity index (χ1) is 13.5. The highest BCUT2D eigenvalue weighted by Crippen LogP contribution is 2.18. The van der Waals surface area contributed by atoms with E-state index in [9.17, 15) is 18.0 Å². The van der Waals surface area contributed by atoms with E-state index in [1.165, 1.54) is 19.4 Å². The van der Waals surface area contributed by atoms with Crippen molar-refractivity contribution in [3.05, 3.63) is 40.8 Å². The van der Waals surface area contributed by atoms with Crippen LogP contribution in [0.4, 0.5) is 0 Å². The molecule has 3 heterocycles. The highest BCUT2D eigenvalue weighted by molar-refractivity contribution is 7.86. The van der Waals surface area contributed by atoms with Crippen LogP contribution in [0.25, 0.3) is 11.0 Å². The van der Waals surface area contributed by atoms with Crippen LogP contribution in [0.5, 0.6) is 0 Å². The van der Waals surface area contributed by atoms with Gasteiger partial charge in [0.25, 0.3) is 15.8 Å². The van der Waals surface area contributed by atoms with E-state index >= 15 is 0 Å². The average molecular weight is 405 g/mol. The lowest BCUT2D eigenvalue weighted by Gasteiger charge is -2.35. The molecule has 2 fully saturated rings. The Labute approximate surface area is 163 Å². The molecule has 0 aliphatic carbocycles. The Balaban J connectivity index is 1.44. The predicted molar refractivity (Wildman–Crippen MR) is 104 cm³/mol. The van der Waals surface area contributed by atoms with Gasteiger partial charge in [0.05, 0.1) is 17.2 Å². The molecule has 2 aromatic rings. The summed E-state index contributed by atoms with van der Waals surface area (Å²) < 4.78 is 29.7. The number of para-hydroxylation sites is 2. The number of carbonyl (C=O) groups is 1. The summed E-state index contributed by atoms with van der Waals surface area (Å²) in [7, 11) is -3.44. The summed E-state index contributed by atoms with van der Waals surface area (Å²) in [5.41, 5.74) is 0.928. The fraction of sp³-hybridized carbons (Fsp3) is 0.500. The fourth-order valence-electron chi connectivity index (χ4n) is 3.76. The maximum absolute atomic E-state index is 12.7. The second-order valence-corrected chi connectivity index (χ2v) is 8.99. The zero-order valence-electron chi connectivity index (χ0n) is 15.5. The number of hydrogen-bond donors (Lipinski definition) is 0. The standard InChI is InChI=1S/C18H23N5O4S/c24-17-13-19-15-5-1-2-6-16(15)23(17)14-18(25)20-9-11-22(12-10-20)28(26,27)21-7-3-4-8-21/h1-2,5-6,13H,3-4,7-12,14H2. The van der Waals surface area contributed by atoms with Gasteiger partial charge in [0.1, 0.15) is 6.54 Å². The molecule has 9 nitrogen and oxygen atoms in total. The minimum absolute atomic E-state index is 0.0826. The third-order valence-electron chi connectivity index (χ3n) is 5.35. The van der Waals surface area contributed by atoms with E-state index in [1.807, 2.05) is 6.07 Å². The van der Waals surface area contributed by atoms with Crippen LogP contribution in [0.1, 0.15) is 12.8 Å². The number of nitrogens with zero attached hydrogens (tertiary/aromatic N) is 5. The normalized spacial score (nSPS) is 19.4. The van der Waals surface area contributed by atoms with Gasteiger partial charge < -0.3 is 4.90 Å². The van der Waals surface area contributed by atoms with Gasteiger partial charge >= 0.3 is 0 Å². The molecular weight excluding hydrogens is 382 g/mol. The molecular formula is C18H23N5O4S. The Bertz CT molecular complexity index is 1040. The third kappa shape index (κ3) is 3.54. The Morgan fingerprint density at radius 1 is 0.964 bits per heavy atom. The van der Waals surface area contributed by atoms with E-state index in [1.54, 1.807) is 23.1 Å². The van der Waals surface area contributed by atoms with Crippen molar-refractivity contribution in [3.8, 4) is 0 Å². The summed E-state index contributed by atoms with van der Waals surface area (Å²) in [5, 5.41) is 0. The molecule has 0 atom stereocenters. The third-order valence-corrected chi connectivity index (χ3v) is 7.39. The number of amides is 1. The molecule has 28 heavy (non-hydrogen) atoms. The van der Waals surface area contributed by atoms with E-state index in [0.29, 0.717) is 37.2 Å². The Morgan fingerprint density at radius 3 is 2.32 bits per heavy atom. The van der Waals surface area contributed by atoms with Gasteiger partial charge in [-0.15, -0.1) is 0 Å². The lowest BCUT2D eigenvalue weighted by molar-refractivity contribution is -0.133. The Kier molecular flexibility index (Phi) is 5.17. The number of hydrogen-bond acceptors (Lipinski definition) is 5. The van der Waals surface area contributed by atoms with Gasteiger partial charge in [-0.25, -0.2) is 4.98 Å². The van der Waals surface area contributed by atoms with Crippen molar-refractivity contribution in [2.45, 2.75) is 19.4 Å². The van der Waals surface area contributed by atoms with E-state index in [0.717, 1.165) is 12.8 Å². The SMILES string of the molecule is O=C(Cn1c(=O)cnc2ccccc21)N1CCN(S(=O)(=O)N2CCCC2)CC1. The van der Waals surface area contributed by atoms with Crippen LogP contribution >= 0.6 is 0 Å². The molecule has 0 radical (unpaired) electrons. The van der Waals surface area contributed by atoms with Crippen molar-refractivity contribution < 1.29 is 13.2 Å². The summed E-state index contributed by atoms with van der Waals surface area (Å²) in [5.74, 6) is -0.198. The van der Waals surface area contributed by atoms with Gasteiger partial charge in [-0.1, -0.05) is 12.1 Å². The molecule has 0 N–H and O–H groups in total. The van der Waals surface area contributed by atoms with Crippen LogP contribution in [0, 0.1) is 0 Å². The topological polar surface area (TPSA) is 95.8 Å². The highest BCUT2D eigenvalue weighted by atomic mass is 32.2. The van der Waals surface area contributed by atoms with Gasteiger partial charge in [-0.2, -0.15) is 17.0 Å². The zero-order valence-corrected chi connectivity index (χ0v) is 16.3. The number of piperazine rings is 1. The second-order valence-electron chi connectivity index (χ2n) is 7.07. The molecule has 2 aliphatic rings. The molecule has 2 aliphatic heterocycles. The molecule has 0 bridgehead atoms. The number of carbonyl (C=O) groups excluding carboxylic acids is 1. The van der Waals surface area contributed by atoms with Crippen LogP contribution < -0.4 is 5.56 Å². The summed E-state index contributed by atoms with van der Waals surface area (Å²) >= 11 is 0. The van der Waals surface area contributed by atoms with Crippen molar-refractivity contribution in [2.24, 2.45) is 0 Å². The fourth-order valence-corrected chi connectivity index (χ4v) is 5.43. The van der Waals surface area contributed by atoms with Crippen molar-refractivity contribution in [3.63, 3.8) is 0 Å². The number of fused-ring (bicyclic) bond motifs is 1. The maximum Gasteiger partial charge on any atom is 0.282 e. The van der Waals surface area contributed by atoms with Gasteiger partial charge in [0.2, 0.25) is 5.91 Å². The summed E-state index contributed by atoms with van der Waals surface area (Å²) in [4.78, 5) is 30.7. The van der Waals surface area contributed by atoms with E-state index in [2.05, 4.69) is 4.98 Å². The molecule has 4 rings (SSSR count). The lowest BCUT2D eigenvalue weighted by Crippen LogP contribution is -2.54. The monoisotopic (exact) mass is 405 g/mol. The minimum atomic E-state index is -3.44. The molecule has 1 amide bonds. The van der Waals surface area contributed by atoms with Crippen molar-refractivity contribution in [1.82, 2.24) is 23.1 Å². The molecule has 150 valence electrons. The Hall–Kier alpha value is -2.30. The Morgan fingerprint density at radius 2 is 1.61 bits per heavy atom. The minimum Gasteiger partial charge on any atom is -0.338 e. The molecule has 2 saturated heterocycles. The predicted octanol–water partition coefficient (Wildman–Crippen LogP) is -0.119.